The van der Waals surface area contributed by atoms with Crippen molar-refractivity contribution in [3.63, 3.8) is 0 Å². The maximum atomic E-state index is 11.0. The molecule has 0 saturated carbocycles. The summed E-state index contributed by atoms with van der Waals surface area (Å²) in [6, 6.07) is 3.88. The first kappa shape index (κ1) is 12.6. The largest absolute Gasteiger partial charge is 0.478 e. The Morgan fingerprint density at radius 3 is 2.89 bits per heavy atom. The van der Waals surface area contributed by atoms with Gasteiger partial charge in [-0.15, -0.1) is 0 Å². The molecule has 1 aliphatic heterocycles. The van der Waals surface area contributed by atoms with E-state index in [1.807, 2.05) is 24.0 Å². The van der Waals surface area contributed by atoms with Crippen LogP contribution < -0.4 is 4.90 Å². The van der Waals surface area contributed by atoms with E-state index >= 15 is 0 Å². The number of allylic oxidation sites excluding steroid dienone is 1. The number of carboxylic acids is 1. The van der Waals surface area contributed by atoms with Crippen molar-refractivity contribution in [1.82, 2.24) is 4.98 Å². The van der Waals surface area contributed by atoms with Gasteiger partial charge in [0.2, 0.25) is 0 Å². The molecule has 1 fully saturated rings. The summed E-state index contributed by atoms with van der Waals surface area (Å²) in [5, 5.41) is 9.02. The second kappa shape index (κ2) is 4.44. The third-order valence-corrected chi connectivity index (χ3v) is 3.44. The summed E-state index contributed by atoms with van der Waals surface area (Å²) < 4.78 is 0. The molecule has 1 N–H and O–H groups in total. The standard InChI is InChI=1S/C14H18N2O2/c1-10-5-4-7-15-13(10)16-8-6-14(2,3)11(16)9-12(17)18/h4-5,7,9H,6,8H2,1-3H3,(H,17,18)/b11-9-. The molecule has 0 radical (unpaired) electrons. The van der Waals surface area contributed by atoms with Gasteiger partial charge in [0.1, 0.15) is 5.82 Å². The van der Waals surface area contributed by atoms with Crippen LogP contribution in [0.5, 0.6) is 0 Å². The molecule has 4 nitrogen and oxygen atoms in total. The van der Waals surface area contributed by atoms with Crippen molar-refractivity contribution in [2.24, 2.45) is 5.41 Å². The number of aryl methyl sites for hydroxylation is 1. The molecular weight excluding hydrogens is 228 g/mol. The van der Waals surface area contributed by atoms with E-state index in [1.165, 1.54) is 6.08 Å². The molecular formula is C14H18N2O2. The van der Waals surface area contributed by atoms with Gasteiger partial charge in [-0.25, -0.2) is 9.78 Å². The molecule has 1 aromatic heterocycles. The predicted octanol–water partition coefficient (Wildman–Crippen LogP) is 2.59. The van der Waals surface area contributed by atoms with E-state index in [1.54, 1.807) is 6.20 Å². The van der Waals surface area contributed by atoms with Crippen molar-refractivity contribution in [2.75, 3.05) is 11.4 Å². The molecule has 0 atom stereocenters. The first-order valence-corrected chi connectivity index (χ1v) is 6.06. The minimum atomic E-state index is -0.904. The number of pyridine rings is 1. The Morgan fingerprint density at radius 1 is 1.56 bits per heavy atom. The van der Waals surface area contributed by atoms with E-state index in [0.29, 0.717) is 0 Å². The monoisotopic (exact) mass is 246 g/mol. The smallest absolute Gasteiger partial charge is 0.330 e. The van der Waals surface area contributed by atoms with Crippen LogP contribution in [-0.2, 0) is 4.79 Å². The maximum absolute atomic E-state index is 11.0. The number of hydrogen-bond donors (Lipinski definition) is 1. The summed E-state index contributed by atoms with van der Waals surface area (Å²) in [5.41, 5.74) is 1.77. The van der Waals surface area contributed by atoms with Gasteiger partial charge in [-0.2, -0.15) is 0 Å². The van der Waals surface area contributed by atoms with Crippen molar-refractivity contribution in [2.45, 2.75) is 27.2 Å². The van der Waals surface area contributed by atoms with Crippen LogP contribution in [0.25, 0.3) is 0 Å². The summed E-state index contributed by atoms with van der Waals surface area (Å²) in [6.45, 7) is 6.94. The van der Waals surface area contributed by atoms with Crippen LogP contribution in [0.1, 0.15) is 25.8 Å². The van der Waals surface area contributed by atoms with Crippen LogP contribution in [0.4, 0.5) is 5.82 Å². The van der Waals surface area contributed by atoms with Gasteiger partial charge in [0.15, 0.2) is 0 Å². The van der Waals surface area contributed by atoms with Crippen LogP contribution >= 0.6 is 0 Å². The normalized spacial score (nSPS) is 20.4. The first-order valence-electron chi connectivity index (χ1n) is 6.06. The number of carboxylic acid groups (broad SMARTS) is 1. The SMILES string of the molecule is Cc1cccnc1N1CCC(C)(C)/C1=C/C(=O)O. The third kappa shape index (κ3) is 2.23. The van der Waals surface area contributed by atoms with E-state index in [2.05, 4.69) is 18.8 Å². The van der Waals surface area contributed by atoms with Gasteiger partial charge in [0.25, 0.3) is 0 Å². The number of rotatable bonds is 2. The van der Waals surface area contributed by atoms with Gasteiger partial charge < -0.3 is 10.0 Å². The fourth-order valence-electron chi connectivity index (χ4n) is 2.38. The van der Waals surface area contributed by atoms with Crippen molar-refractivity contribution >= 4 is 11.8 Å². The van der Waals surface area contributed by atoms with Gasteiger partial charge in [0, 0.05) is 29.9 Å². The van der Waals surface area contributed by atoms with E-state index in [9.17, 15) is 4.79 Å². The Kier molecular flexibility index (Phi) is 3.11. The average molecular weight is 246 g/mol. The van der Waals surface area contributed by atoms with Gasteiger partial charge in [-0.05, 0) is 25.0 Å². The van der Waals surface area contributed by atoms with Crippen molar-refractivity contribution < 1.29 is 9.90 Å². The molecule has 2 heterocycles. The van der Waals surface area contributed by atoms with E-state index < -0.39 is 5.97 Å². The Balaban J connectivity index is 2.46. The zero-order valence-electron chi connectivity index (χ0n) is 11.0. The second-order valence-corrected chi connectivity index (χ2v) is 5.30. The quantitative estimate of drug-likeness (QED) is 0.815. The van der Waals surface area contributed by atoms with E-state index in [0.717, 1.165) is 30.0 Å². The molecule has 0 amide bonds. The lowest BCUT2D eigenvalue weighted by Crippen LogP contribution is -2.23. The zero-order chi connectivity index (χ0) is 13.3. The van der Waals surface area contributed by atoms with Gasteiger partial charge in [0.05, 0.1) is 0 Å². The van der Waals surface area contributed by atoms with Crippen LogP contribution in [0.2, 0.25) is 0 Å². The fourth-order valence-corrected chi connectivity index (χ4v) is 2.38. The number of carbonyl (C=O) groups is 1. The Bertz CT molecular complexity index is 506. The molecule has 0 aliphatic carbocycles. The minimum Gasteiger partial charge on any atom is -0.478 e. The maximum Gasteiger partial charge on any atom is 0.330 e. The number of nitrogens with zero attached hydrogens (tertiary/aromatic N) is 2. The number of aromatic nitrogens is 1. The molecule has 0 spiro atoms. The molecule has 4 heteroatoms. The van der Waals surface area contributed by atoms with E-state index in [-0.39, 0.29) is 5.41 Å². The Morgan fingerprint density at radius 2 is 2.28 bits per heavy atom. The molecule has 0 aromatic carbocycles. The van der Waals surface area contributed by atoms with Crippen molar-refractivity contribution in [3.8, 4) is 0 Å². The predicted molar refractivity (Wildman–Crippen MR) is 70.4 cm³/mol. The van der Waals surface area contributed by atoms with Gasteiger partial charge >= 0.3 is 5.97 Å². The summed E-state index contributed by atoms with van der Waals surface area (Å²) in [5.74, 6) is -0.0471. The Hall–Kier alpha value is -1.84. The molecule has 18 heavy (non-hydrogen) atoms. The van der Waals surface area contributed by atoms with Crippen molar-refractivity contribution in [3.05, 3.63) is 35.7 Å². The highest BCUT2D eigenvalue weighted by atomic mass is 16.4. The van der Waals surface area contributed by atoms with Crippen molar-refractivity contribution in [1.29, 1.82) is 0 Å². The summed E-state index contributed by atoms with van der Waals surface area (Å²) >= 11 is 0. The zero-order valence-corrected chi connectivity index (χ0v) is 11.0. The number of hydrogen-bond acceptors (Lipinski definition) is 3. The molecule has 2 rings (SSSR count). The first-order chi connectivity index (χ1) is 8.42. The molecule has 96 valence electrons. The second-order valence-electron chi connectivity index (χ2n) is 5.30. The molecule has 0 bridgehead atoms. The van der Waals surface area contributed by atoms with Gasteiger partial charge in [-0.3, -0.25) is 0 Å². The lowest BCUT2D eigenvalue weighted by molar-refractivity contribution is -0.131. The molecule has 0 unspecified atom stereocenters. The summed E-state index contributed by atoms with van der Waals surface area (Å²) in [6.07, 6.45) is 3.98. The van der Waals surface area contributed by atoms with Crippen LogP contribution in [-0.4, -0.2) is 22.6 Å². The summed E-state index contributed by atoms with van der Waals surface area (Å²) in [4.78, 5) is 17.4. The van der Waals surface area contributed by atoms with Crippen LogP contribution in [0.15, 0.2) is 30.1 Å². The van der Waals surface area contributed by atoms with Crippen LogP contribution in [0.3, 0.4) is 0 Å². The lowest BCUT2D eigenvalue weighted by Gasteiger charge is -2.26. The highest BCUT2D eigenvalue weighted by molar-refractivity contribution is 5.82. The third-order valence-electron chi connectivity index (χ3n) is 3.44. The van der Waals surface area contributed by atoms with E-state index in [4.69, 9.17) is 5.11 Å². The number of anilines is 1. The minimum absolute atomic E-state index is 0.123. The highest BCUT2D eigenvalue weighted by Gasteiger charge is 2.36. The topological polar surface area (TPSA) is 53.4 Å². The summed E-state index contributed by atoms with van der Waals surface area (Å²) in [7, 11) is 0. The average Bonchev–Trinajstić information content (AvgIpc) is 2.56. The Labute approximate surface area is 107 Å². The number of aliphatic carboxylic acids is 1. The highest BCUT2D eigenvalue weighted by Crippen LogP contribution is 2.41. The lowest BCUT2D eigenvalue weighted by atomic mass is 9.89. The molecule has 1 aliphatic rings. The molecule has 1 aromatic rings. The van der Waals surface area contributed by atoms with Gasteiger partial charge in [-0.1, -0.05) is 19.9 Å². The van der Waals surface area contributed by atoms with Crippen LogP contribution in [0, 0.1) is 12.3 Å². The molecule has 1 saturated heterocycles. The fraction of sp³-hybridized carbons (Fsp3) is 0.429.